The molecule has 0 saturated heterocycles. The van der Waals surface area contributed by atoms with E-state index in [1.807, 2.05) is 24.3 Å². The van der Waals surface area contributed by atoms with Crippen LogP contribution in [0.1, 0.15) is 6.92 Å². The Kier molecular flexibility index (Phi) is 2.63. The normalized spacial score (nSPS) is 20.6. The van der Waals surface area contributed by atoms with Crippen molar-refractivity contribution in [1.29, 1.82) is 0 Å². The zero-order chi connectivity index (χ0) is 9.97. The number of nitrogen functional groups attached to an aromatic ring is 1. The summed E-state index contributed by atoms with van der Waals surface area (Å²) in [7, 11) is 0. The summed E-state index contributed by atoms with van der Waals surface area (Å²) in [6.07, 6.45) is 0. The van der Waals surface area contributed by atoms with Gasteiger partial charge in [0.15, 0.2) is 5.17 Å². The van der Waals surface area contributed by atoms with E-state index in [1.54, 1.807) is 11.8 Å². The highest BCUT2D eigenvalue weighted by Gasteiger charge is 2.14. The molecule has 1 heterocycles. The molecule has 1 atom stereocenters. The van der Waals surface area contributed by atoms with Crippen molar-refractivity contribution in [1.82, 2.24) is 0 Å². The number of amidine groups is 1. The van der Waals surface area contributed by atoms with Crippen LogP contribution in [-0.2, 0) is 0 Å². The molecule has 14 heavy (non-hydrogen) atoms. The van der Waals surface area contributed by atoms with Crippen LogP contribution in [0.5, 0.6) is 0 Å². The molecule has 1 unspecified atom stereocenters. The van der Waals surface area contributed by atoms with Crippen molar-refractivity contribution in [2.45, 2.75) is 12.2 Å². The fourth-order valence-electron chi connectivity index (χ4n) is 1.24. The third-order valence-electron chi connectivity index (χ3n) is 1.97. The van der Waals surface area contributed by atoms with Crippen molar-refractivity contribution in [2.75, 3.05) is 17.6 Å². The number of hydrogen-bond acceptors (Lipinski definition) is 4. The van der Waals surface area contributed by atoms with E-state index in [-0.39, 0.29) is 0 Å². The van der Waals surface area contributed by atoms with Gasteiger partial charge in [-0.3, -0.25) is 4.99 Å². The lowest BCUT2D eigenvalue weighted by molar-refractivity contribution is 0.976. The van der Waals surface area contributed by atoms with Gasteiger partial charge in [-0.1, -0.05) is 18.7 Å². The fourth-order valence-corrected chi connectivity index (χ4v) is 2.09. The van der Waals surface area contributed by atoms with E-state index in [9.17, 15) is 0 Å². The SMILES string of the molecule is CC1CN=C(Nc2ccc(N)cc2)S1. The fraction of sp³-hybridized carbons (Fsp3) is 0.300. The Hall–Kier alpha value is -1.16. The monoisotopic (exact) mass is 207 g/mol. The minimum absolute atomic E-state index is 0.589. The van der Waals surface area contributed by atoms with Crippen LogP contribution in [0, 0.1) is 0 Å². The molecule has 0 saturated carbocycles. The first-order valence-electron chi connectivity index (χ1n) is 4.58. The summed E-state index contributed by atoms with van der Waals surface area (Å²) in [6.45, 7) is 3.08. The van der Waals surface area contributed by atoms with Crippen molar-refractivity contribution in [3.8, 4) is 0 Å². The van der Waals surface area contributed by atoms with Gasteiger partial charge in [0.05, 0.1) is 6.54 Å². The smallest absolute Gasteiger partial charge is 0.161 e. The first-order chi connectivity index (χ1) is 6.74. The molecule has 0 bridgehead atoms. The number of nitrogens with zero attached hydrogens (tertiary/aromatic N) is 1. The van der Waals surface area contributed by atoms with Gasteiger partial charge >= 0.3 is 0 Å². The summed E-state index contributed by atoms with van der Waals surface area (Å²) in [5.74, 6) is 0. The molecule has 0 amide bonds. The van der Waals surface area contributed by atoms with E-state index in [0.29, 0.717) is 5.25 Å². The summed E-state index contributed by atoms with van der Waals surface area (Å²) in [6, 6.07) is 7.68. The van der Waals surface area contributed by atoms with Crippen molar-refractivity contribution >= 4 is 28.3 Å². The molecule has 1 aromatic rings. The van der Waals surface area contributed by atoms with Crippen LogP contribution in [0.25, 0.3) is 0 Å². The van der Waals surface area contributed by atoms with Crippen LogP contribution >= 0.6 is 11.8 Å². The van der Waals surface area contributed by atoms with Crippen LogP contribution in [0.4, 0.5) is 11.4 Å². The third kappa shape index (κ3) is 2.20. The minimum atomic E-state index is 0.589. The largest absolute Gasteiger partial charge is 0.399 e. The summed E-state index contributed by atoms with van der Waals surface area (Å²) >= 11 is 1.77. The molecule has 2 rings (SSSR count). The Morgan fingerprint density at radius 3 is 2.71 bits per heavy atom. The van der Waals surface area contributed by atoms with Gasteiger partial charge in [-0.15, -0.1) is 0 Å². The molecule has 3 nitrogen and oxygen atoms in total. The molecule has 0 radical (unpaired) electrons. The Labute approximate surface area is 87.8 Å². The zero-order valence-electron chi connectivity index (χ0n) is 8.03. The maximum absolute atomic E-state index is 5.59. The second kappa shape index (κ2) is 3.92. The van der Waals surface area contributed by atoms with E-state index in [1.165, 1.54) is 0 Å². The predicted molar refractivity (Wildman–Crippen MR) is 63.8 cm³/mol. The van der Waals surface area contributed by atoms with Crippen molar-refractivity contribution < 1.29 is 0 Å². The second-order valence-corrected chi connectivity index (χ2v) is 4.75. The summed E-state index contributed by atoms with van der Waals surface area (Å²) in [5.41, 5.74) is 7.42. The molecule has 0 aromatic heterocycles. The van der Waals surface area contributed by atoms with Gasteiger partial charge in [0.25, 0.3) is 0 Å². The van der Waals surface area contributed by atoms with Crippen molar-refractivity contribution in [3.05, 3.63) is 24.3 Å². The Bertz CT molecular complexity index is 345. The number of nitrogens with two attached hydrogens (primary N) is 1. The highest BCUT2D eigenvalue weighted by Crippen LogP contribution is 2.22. The van der Waals surface area contributed by atoms with Gasteiger partial charge in [0.2, 0.25) is 0 Å². The molecule has 1 aliphatic heterocycles. The van der Waals surface area contributed by atoms with E-state index in [2.05, 4.69) is 17.2 Å². The number of anilines is 2. The second-order valence-electron chi connectivity index (χ2n) is 3.32. The lowest BCUT2D eigenvalue weighted by Crippen LogP contribution is -2.05. The number of nitrogens with one attached hydrogen (secondary N) is 1. The number of benzene rings is 1. The maximum atomic E-state index is 5.59. The van der Waals surface area contributed by atoms with E-state index in [4.69, 9.17) is 5.73 Å². The number of hydrogen-bond donors (Lipinski definition) is 2. The van der Waals surface area contributed by atoms with Gasteiger partial charge in [-0.05, 0) is 24.3 Å². The lowest BCUT2D eigenvalue weighted by atomic mass is 10.3. The standard InChI is InChI=1S/C10H13N3S/c1-7-6-12-10(14-7)13-9-4-2-8(11)3-5-9/h2-5,7H,6,11H2,1H3,(H,12,13). The quantitative estimate of drug-likeness (QED) is 0.694. The van der Waals surface area contributed by atoms with Crippen LogP contribution in [0.3, 0.4) is 0 Å². The Balaban J connectivity index is 2.01. The molecule has 0 spiro atoms. The average Bonchev–Trinajstić information content (AvgIpc) is 2.56. The number of aliphatic imine (C=N–C) groups is 1. The molecule has 74 valence electrons. The minimum Gasteiger partial charge on any atom is -0.399 e. The van der Waals surface area contributed by atoms with Gasteiger partial charge in [-0.2, -0.15) is 0 Å². The van der Waals surface area contributed by atoms with E-state index in [0.717, 1.165) is 23.1 Å². The van der Waals surface area contributed by atoms with Crippen molar-refractivity contribution in [3.63, 3.8) is 0 Å². The highest BCUT2D eigenvalue weighted by atomic mass is 32.2. The Morgan fingerprint density at radius 2 is 2.14 bits per heavy atom. The summed E-state index contributed by atoms with van der Waals surface area (Å²) in [5, 5.41) is 4.85. The van der Waals surface area contributed by atoms with Crippen LogP contribution in [0.2, 0.25) is 0 Å². The molecular weight excluding hydrogens is 194 g/mol. The Morgan fingerprint density at radius 1 is 1.43 bits per heavy atom. The van der Waals surface area contributed by atoms with Crippen LogP contribution < -0.4 is 11.1 Å². The number of rotatable bonds is 1. The molecule has 1 aliphatic rings. The topological polar surface area (TPSA) is 50.4 Å². The van der Waals surface area contributed by atoms with Crippen LogP contribution in [-0.4, -0.2) is 17.0 Å². The molecular formula is C10H13N3S. The van der Waals surface area contributed by atoms with Gasteiger partial charge in [-0.25, -0.2) is 0 Å². The van der Waals surface area contributed by atoms with Gasteiger partial charge in [0.1, 0.15) is 0 Å². The maximum Gasteiger partial charge on any atom is 0.161 e. The van der Waals surface area contributed by atoms with Crippen LogP contribution in [0.15, 0.2) is 29.3 Å². The molecule has 1 aromatic carbocycles. The molecule has 0 fully saturated rings. The summed E-state index contributed by atoms with van der Waals surface area (Å²) in [4.78, 5) is 4.37. The van der Waals surface area contributed by atoms with Gasteiger partial charge < -0.3 is 11.1 Å². The third-order valence-corrected chi connectivity index (χ3v) is 2.97. The predicted octanol–water partition coefficient (Wildman–Crippen LogP) is 2.17. The molecule has 4 heteroatoms. The van der Waals surface area contributed by atoms with E-state index < -0.39 is 0 Å². The zero-order valence-corrected chi connectivity index (χ0v) is 8.84. The summed E-state index contributed by atoms with van der Waals surface area (Å²) < 4.78 is 0. The number of thioether (sulfide) groups is 1. The first-order valence-corrected chi connectivity index (χ1v) is 5.45. The van der Waals surface area contributed by atoms with E-state index >= 15 is 0 Å². The average molecular weight is 207 g/mol. The molecule has 0 aliphatic carbocycles. The lowest BCUT2D eigenvalue weighted by Gasteiger charge is -2.05. The van der Waals surface area contributed by atoms with Gasteiger partial charge in [0, 0.05) is 16.6 Å². The van der Waals surface area contributed by atoms with Crippen molar-refractivity contribution in [2.24, 2.45) is 4.99 Å². The highest BCUT2D eigenvalue weighted by molar-refractivity contribution is 8.15. The first kappa shape index (κ1) is 9.40. The molecule has 3 N–H and O–H groups in total.